The fraction of sp³-hybridized carbons (Fsp3) is 0.261. The van der Waals surface area contributed by atoms with E-state index in [1.807, 2.05) is 0 Å². The van der Waals surface area contributed by atoms with Crippen molar-refractivity contribution in [3.63, 3.8) is 0 Å². The van der Waals surface area contributed by atoms with Gasteiger partial charge in [-0.1, -0.05) is 28.9 Å². The lowest BCUT2D eigenvalue weighted by atomic mass is 10.0. The molecule has 2 amide bonds. The maximum atomic E-state index is 14.4. The number of aryl methyl sites for hydroxylation is 1. The molecular formula is C23H18ClF4N3O3. The topological polar surface area (TPSA) is 66.7 Å². The van der Waals surface area contributed by atoms with Gasteiger partial charge in [0.1, 0.15) is 22.8 Å². The van der Waals surface area contributed by atoms with E-state index in [0.29, 0.717) is 0 Å². The molecule has 178 valence electrons. The standard InChI is InChI=1S/C23H18ClF4N3O3/c1-13-18(20(29-34-13)19-16(24)6-3-7-17(19)25)22(33)31-10-8-30(9-11-31)21(32)14-4-2-5-15(12-14)23(26,27)28/h2-7,12H,8-11H2,1H3. The van der Waals surface area contributed by atoms with Gasteiger partial charge < -0.3 is 14.3 Å². The van der Waals surface area contributed by atoms with Gasteiger partial charge in [0, 0.05) is 31.7 Å². The number of nitrogens with zero attached hydrogens (tertiary/aromatic N) is 3. The van der Waals surface area contributed by atoms with Crippen LogP contribution >= 0.6 is 11.6 Å². The van der Waals surface area contributed by atoms with Gasteiger partial charge >= 0.3 is 6.18 Å². The minimum atomic E-state index is -4.56. The van der Waals surface area contributed by atoms with Crippen LogP contribution in [0.1, 0.15) is 32.0 Å². The lowest BCUT2D eigenvalue weighted by molar-refractivity contribution is -0.137. The molecule has 0 radical (unpaired) electrons. The summed E-state index contributed by atoms with van der Waals surface area (Å²) in [6, 6.07) is 8.29. The number of aromatic nitrogens is 1. The first-order valence-electron chi connectivity index (χ1n) is 10.2. The summed E-state index contributed by atoms with van der Waals surface area (Å²) in [5.41, 5.74) is -1.00. The Kier molecular flexibility index (Phi) is 6.35. The monoisotopic (exact) mass is 495 g/mol. The molecule has 1 fully saturated rings. The van der Waals surface area contributed by atoms with Crippen molar-refractivity contribution in [1.82, 2.24) is 15.0 Å². The predicted octanol–water partition coefficient (Wildman–Crippen LogP) is 5.06. The number of amides is 2. The molecule has 0 N–H and O–H groups in total. The van der Waals surface area contributed by atoms with E-state index in [-0.39, 0.29) is 59.3 Å². The molecule has 0 atom stereocenters. The van der Waals surface area contributed by atoms with Crippen molar-refractivity contribution in [3.8, 4) is 11.3 Å². The summed E-state index contributed by atoms with van der Waals surface area (Å²) < 4.78 is 58.5. The van der Waals surface area contributed by atoms with Crippen LogP contribution in [0.15, 0.2) is 47.0 Å². The number of halogens is 5. The number of hydrogen-bond donors (Lipinski definition) is 0. The number of rotatable bonds is 3. The first kappa shape index (κ1) is 23.7. The minimum Gasteiger partial charge on any atom is -0.360 e. The van der Waals surface area contributed by atoms with E-state index in [1.54, 1.807) is 0 Å². The highest BCUT2D eigenvalue weighted by Crippen LogP contribution is 2.34. The van der Waals surface area contributed by atoms with Gasteiger partial charge in [-0.05, 0) is 37.3 Å². The normalized spacial score (nSPS) is 14.4. The zero-order valence-corrected chi connectivity index (χ0v) is 18.6. The van der Waals surface area contributed by atoms with E-state index in [1.165, 1.54) is 47.1 Å². The molecule has 3 aromatic rings. The highest BCUT2D eigenvalue weighted by atomic mass is 35.5. The summed E-state index contributed by atoms with van der Waals surface area (Å²) in [7, 11) is 0. The molecule has 4 rings (SSSR count). The van der Waals surface area contributed by atoms with E-state index >= 15 is 0 Å². The molecule has 0 saturated carbocycles. The van der Waals surface area contributed by atoms with Gasteiger partial charge in [-0.25, -0.2) is 4.39 Å². The third-order valence-corrected chi connectivity index (χ3v) is 5.88. The fourth-order valence-electron chi connectivity index (χ4n) is 3.80. The van der Waals surface area contributed by atoms with Crippen LogP contribution in [0, 0.1) is 12.7 Å². The van der Waals surface area contributed by atoms with Gasteiger partial charge in [0.05, 0.1) is 16.1 Å². The van der Waals surface area contributed by atoms with Crippen molar-refractivity contribution in [3.05, 3.63) is 75.8 Å². The van der Waals surface area contributed by atoms with E-state index in [0.717, 1.165) is 12.1 Å². The van der Waals surface area contributed by atoms with Gasteiger partial charge in [0.2, 0.25) is 0 Å². The smallest absolute Gasteiger partial charge is 0.360 e. The third-order valence-electron chi connectivity index (χ3n) is 5.57. The molecule has 11 heteroatoms. The summed E-state index contributed by atoms with van der Waals surface area (Å²) in [5, 5.41) is 3.90. The van der Waals surface area contributed by atoms with Crippen LogP contribution in [0.3, 0.4) is 0 Å². The highest BCUT2D eigenvalue weighted by molar-refractivity contribution is 6.33. The number of carbonyl (C=O) groups excluding carboxylic acids is 2. The minimum absolute atomic E-state index is 0.0203. The van der Waals surface area contributed by atoms with Gasteiger partial charge in [0.25, 0.3) is 11.8 Å². The Bertz CT molecular complexity index is 1230. The zero-order chi connectivity index (χ0) is 24.6. The molecule has 0 aliphatic carbocycles. The Morgan fingerprint density at radius 2 is 1.62 bits per heavy atom. The average Bonchev–Trinajstić information content (AvgIpc) is 3.18. The number of alkyl halides is 3. The molecule has 1 aromatic heterocycles. The number of piperazine rings is 1. The van der Waals surface area contributed by atoms with Crippen LogP contribution in [0.4, 0.5) is 17.6 Å². The van der Waals surface area contributed by atoms with Crippen LogP contribution < -0.4 is 0 Å². The summed E-state index contributed by atoms with van der Waals surface area (Å²) >= 11 is 6.13. The largest absolute Gasteiger partial charge is 0.416 e. The molecule has 2 heterocycles. The second kappa shape index (κ2) is 9.09. The lowest BCUT2D eigenvalue weighted by Gasteiger charge is -2.35. The average molecular weight is 496 g/mol. The molecule has 2 aromatic carbocycles. The van der Waals surface area contributed by atoms with Gasteiger partial charge in [0.15, 0.2) is 0 Å². The van der Waals surface area contributed by atoms with Crippen LogP contribution in [-0.2, 0) is 6.18 Å². The predicted molar refractivity (Wildman–Crippen MR) is 115 cm³/mol. The molecule has 0 unspecified atom stereocenters. The first-order chi connectivity index (χ1) is 16.1. The van der Waals surface area contributed by atoms with E-state index in [2.05, 4.69) is 5.16 Å². The van der Waals surface area contributed by atoms with Crippen molar-refractivity contribution in [2.45, 2.75) is 13.1 Å². The summed E-state index contributed by atoms with van der Waals surface area (Å²) in [6.45, 7) is 1.99. The van der Waals surface area contributed by atoms with Crippen LogP contribution in [0.5, 0.6) is 0 Å². The van der Waals surface area contributed by atoms with Crippen molar-refractivity contribution in [2.24, 2.45) is 0 Å². The summed E-state index contributed by atoms with van der Waals surface area (Å²) in [6.07, 6.45) is -4.56. The van der Waals surface area contributed by atoms with E-state index in [4.69, 9.17) is 16.1 Å². The number of hydrogen-bond acceptors (Lipinski definition) is 4. The zero-order valence-electron chi connectivity index (χ0n) is 17.8. The maximum Gasteiger partial charge on any atom is 0.416 e. The Morgan fingerprint density at radius 1 is 1.00 bits per heavy atom. The number of carbonyl (C=O) groups is 2. The quantitative estimate of drug-likeness (QED) is 0.476. The van der Waals surface area contributed by atoms with Gasteiger partial charge in [-0.2, -0.15) is 13.2 Å². The Labute approximate surface area is 196 Å². The van der Waals surface area contributed by atoms with Crippen molar-refractivity contribution >= 4 is 23.4 Å². The Morgan fingerprint density at radius 3 is 2.24 bits per heavy atom. The summed E-state index contributed by atoms with van der Waals surface area (Å²) in [4.78, 5) is 28.8. The Balaban J connectivity index is 1.50. The van der Waals surface area contributed by atoms with Crippen LogP contribution in [0.25, 0.3) is 11.3 Å². The molecule has 34 heavy (non-hydrogen) atoms. The van der Waals surface area contributed by atoms with E-state index in [9.17, 15) is 27.2 Å². The fourth-order valence-corrected chi connectivity index (χ4v) is 4.05. The molecule has 6 nitrogen and oxygen atoms in total. The van der Waals surface area contributed by atoms with Crippen molar-refractivity contribution < 1.29 is 31.7 Å². The highest BCUT2D eigenvalue weighted by Gasteiger charge is 2.33. The lowest BCUT2D eigenvalue weighted by Crippen LogP contribution is -2.50. The molecule has 1 aliphatic rings. The molecule has 0 spiro atoms. The van der Waals surface area contributed by atoms with Crippen molar-refractivity contribution in [1.29, 1.82) is 0 Å². The maximum absolute atomic E-state index is 14.4. The Hall–Kier alpha value is -3.40. The second-order valence-corrected chi connectivity index (χ2v) is 8.13. The molecular weight excluding hydrogens is 478 g/mol. The van der Waals surface area contributed by atoms with Crippen LogP contribution in [-0.4, -0.2) is 52.9 Å². The van der Waals surface area contributed by atoms with Crippen LogP contribution in [0.2, 0.25) is 5.02 Å². The molecule has 1 aliphatic heterocycles. The van der Waals surface area contributed by atoms with Crippen molar-refractivity contribution in [2.75, 3.05) is 26.2 Å². The van der Waals surface area contributed by atoms with Gasteiger partial charge in [-0.15, -0.1) is 0 Å². The number of benzene rings is 2. The first-order valence-corrected chi connectivity index (χ1v) is 10.6. The third kappa shape index (κ3) is 4.50. The van der Waals surface area contributed by atoms with E-state index < -0.39 is 29.4 Å². The van der Waals surface area contributed by atoms with Gasteiger partial charge in [-0.3, -0.25) is 9.59 Å². The molecule has 1 saturated heterocycles. The SMILES string of the molecule is Cc1onc(-c2c(F)cccc2Cl)c1C(=O)N1CCN(C(=O)c2cccc(C(F)(F)F)c2)CC1. The summed E-state index contributed by atoms with van der Waals surface area (Å²) in [5.74, 6) is -1.51. The molecule has 0 bridgehead atoms. The second-order valence-electron chi connectivity index (χ2n) is 7.72.